The summed E-state index contributed by atoms with van der Waals surface area (Å²) < 4.78 is 32.7. The van der Waals surface area contributed by atoms with E-state index in [-0.39, 0.29) is 11.6 Å². The Morgan fingerprint density at radius 1 is 0.565 bits per heavy atom. The van der Waals surface area contributed by atoms with Crippen LogP contribution in [0.5, 0.6) is 0 Å². The highest BCUT2D eigenvalue weighted by molar-refractivity contribution is 6.32. The summed E-state index contributed by atoms with van der Waals surface area (Å²) >= 11 is 12.4. The van der Waals surface area contributed by atoms with Crippen molar-refractivity contribution in [3.8, 4) is 11.4 Å². The molecule has 0 amide bonds. The molecule has 46 heavy (non-hydrogen) atoms. The molecule has 8 rings (SSSR count). The summed E-state index contributed by atoms with van der Waals surface area (Å²) in [7, 11) is 0. The molecule has 0 N–H and O–H groups in total. The van der Waals surface area contributed by atoms with Crippen LogP contribution in [0, 0.1) is 25.5 Å². The van der Waals surface area contributed by atoms with Crippen LogP contribution >= 0.6 is 23.2 Å². The molecule has 0 radical (unpaired) electrons. The van der Waals surface area contributed by atoms with E-state index in [4.69, 9.17) is 23.2 Å². The zero-order valence-electron chi connectivity index (χ0n) is 24.8. The van der Waals surface area contributed by atoms with E-state index in [0.717, 1.165) is 45.5 Å². The molecule has 4 heterocycles. The van der Waals surface area contributed by atoms with Gasteiger partial charge in [0.25, 0.3) is 0 Å². The van der Waals surface area contributed by atoms with Crippen LogP contribution in [0.1, 0.15) is 45.3 Å². The lowest BCUT2D eigenvalue weighted by Crippen LogP contribution is -2.09. The van der Waals surface area contributed by atoms with Crippen molar-refractivity contribution in [1.82, 2.24) is 19.1 Å². The molecule has 0 spiro atoms. The molecule has 6 aromatic rings. The molecule has 10 heteroatoms. The predicted molar refractivity (Wildman–Crippen MR) is 178 cm³/mol. The fourth-order valence-corrected chi connectivity index (χ4v) is 6.25. The smallest absolute Gasteiger partial charge is 0.132 e. The Bertz CT molecular complexity index is 2040. The molecule has 0 bridgehead atoms. The Labute approximate surface area is 274 Å². The summed E-state index contributed by atoms with van der Waals surface area (Å²) in [5, 5.41) is 1.18. The average molecular weight is 652 g/mol. The number of nitrogens with zero attached hydrogens (tertiary/aromatic N) is 6. The second-order valence-electron chi connectivity index (χ2n) is 10.9. The van der Waals surface area contributed by atoms with Crippen LogP contribution in [-0.4, -0.2) is 30.5 Å². The first kappa shape index (κ1) is 29.8. The highest BCUT2D eigenvalue weighted by Gasteiger charge is 2.24. The van der Waals surface area contributed by atoms with E-state index in [1.54, 1.807) is 24.3 Å². The number of aryl methyl sites for hydroxylation is 2. The van der Waals surface area contributed by atoms with Crippen molar-refractivity contribution in [3.05, 3.63) is 164 Å². The molecular formula is C36H26Cl2F2N6. The van der Waals surface area contributed by atoms with Crippen LogP contribution in [0.15, 0.2) is 107 Å². The topological polar surface area (TPSA) is 60.4 Å². The van der Waals surface area contributed by atoms with Crippen LogP contribution in [-0.2, 0) is 13.1 Å². The molecule has 228 valence electrons. The minimum atomic E-state index is -0.293. The van der Waals surface area contributed by atoms with Gasteiger partial charge in [-0.3, -0.25) is 19.1 Å². The van der Waals surface area contributed by atoms with Crippen molar-refractivity contribution < 1.29 is 8.78 Å². The van der Waals surface area contributed by atoms with Gasteiger partial charge in [0.15, 0.2) is 0 Å². The lowest BCUT2D eigenvalue weighted by Gasteiger charge is -2.14. The molecular weight excluding hydrogens is 625 g/mol. The summed E-state index contributed by atoms with van der Waals surface area (Å²) in [6.07, 6.45) is 3.61. The molecule has 0 saturated heterocycles. The summed E-state index contributed by atoms with van der Waals surface area (Å²) in [4.78, 5) is 18.0. The van der Waals surface area contributed by atoms with Crippen LogP contribution in [0.2, 0.25) is 10.0 Å². The normalized spacial score (nSPS) is 13.1. The summed E-state index contributed by atoms with van der Waals surface area (Å²) in [5.41, 5.74) is 7.57. The maximum atomic E-state index is 14.3. The van der Waals surface area contributed by atoms with E-state index in [1.807, 2.05) is 83.9 Å². The number of rotatable bonds is 2. The number of hydrogen-bond donors (Lipinski definition) is 0. The average Bonchev–Trinajstić information content (AvgIpc) is 3.49. The first-order chi connectivity index (χ1) is 22.3. The van der Waals surface area contributed by atoms with Crippen molar-refractivity contribution in [2.45, 2.75) is 26.9 Å². The van der Waals surface area contributed by atoms with Crippen molar-refractivity contribution in [2.75, 3.05) is 0 Å². The van der Waals surface area contributed by atoms with E-state index in [0.29, 0.717) is 45.7 Å². The molecule has 0 atom stereocenters. The van der Waals surface area contributed by atoms with Gasteiger partial charge >= 0.3 is 0 Å². The zero-order chi connectivity index (χ0) is 31.9. The first-order valence-electron chi connectivity index (χ1n) is 14.6. The zero-order valence-corrected chi connectivity index (χ0v) is 26.4. The van der Waals surface area contributed by atoms with E-state index in [2.05, 4.69) is 20.0 Å². The SMILES string of the molecule is Cc1ncc2n1-c1ccc(Cl)cc1C(c1ccccc1F)=NC2.Cc1ncc2n1-c1ccc(Cl)cc1C(c1ccccc1F)=NC2. The van der Waals surface area contributed by atoms with Gasteiger partial charge in [-0.1, -0.05) is 47.5 Å². The van der Waals surface area contributed by atoms with Gasteiger partial charge in [0, 0.05) is 32.3 Å². The number of imidazole rings is 2. The Morgan fingerprint density at radius 2 is 0.978 bits per heavy atom. The largest absolute Gasteiger partial charge is 0.298 e. The van der Waals surface area contributed by atoms with E-state index < -0.39 is 0 Å². The number of aliphatic imine (C=N–C) groups is 2. The maximum absolute atomic E-state index is 14.3. The van der Waals surface area contributed by atoms with Gasteiger partial charge in [0.05, 0.1) is 59.7 Å². The van der Waals surface area contributed by atoms with Crippen LogP contribution in [0.25, 0.3) is 11.4 Å². The molecule has 0 unspecified atom stereocenters. The van der Waals surface area contributed by atoms with Crippen molar-refractivity contribution >= 4 is 34.6 Å². The third-order valence-corrected chi connectivity index (χ3v) is 8.46. The number of aromatic nitrogens is 4. The maximum Gasteiger partial charge on any atom is 0.132 e. The number of hydrogen-bond acceptors (Lipinski definition) is 4. The second-order valence-corrected chi connectivity index (χ2v) is 11.7. The van der Waals surface area contributed by atoms with Gasteiger partial charge < -0.3 is 0 Å². The standard InChI is InChI=1S/2C18H13ClFN3/c2*1-11-21-9-13-10-22-18(14-4-2-3-5-16(14)20)15-8-12(19)6-7-17(15)23(11)13/h2*2-9H,10H2,1H3. The van der Waals surface area contributed by atoms with Gasteiger partial charge in [0.2, 0.25) is 0 Å². The second kappa shape index (κ2) is 12.1. The molecule has 6 nitrogen and oxygen atoms in total. The summed E-state index contributed by atoms with van der Waals surface area (Å²) in [6, 6.07) is 24.5. The lowest BCUT2D eigenvalue weighted by molar-refractivity contribution is 0.625. The van der Waals surface area contributed by atoms with E-state index >= 15 is 0 Å². The molecule has 0 fully saturated rings. The van der Waals surface area contributed by atoms with Gasteiger partial charge in [-0.2, -0.15) is 0 Å². The quantitative estimate of drug-likeness (QED) is 0.188. The number of halogens is 4. The van der Waals surface area contributed by atoms with Gasteiger partial charge in [0.1, 0.15) is 23.3 Å². The highest BCUT2D eigenvalue weighted by Crippen LogP contribution is 2.31. The Hall–Kier alpha value is -4.92. The Balaban J connectivity index is 0.000000147. The number of fused-ring (bicyclic) bond motifs is 6. The number of benzene rings is 4. The Morgan fingerprint density at radius 3 is 1.39 bits per heavy atom. The van der Waals surface area contributed by atoms with Crippen molar-refractivity contribution in [3.63, 3.8) is 0 Å². The first-order valence-corrected chi connectivity index (χ1v) is 15.3. The molecule has 4 aromatic carbocycles. The van der Waals surface area contributed by atoms with Crippen LogP contribution in [0.3, 0.4) is 0 Å². The fourth-order valence-electron chi connectivity index (χ4n) is 5.91. The third-order valence-electron chi connectivity index (χ3n) is 7.99. The molecule has 2 aliphatic rings. The van der Waals surface area contributed by atoms with E-state index in [9.17, 15) is 8.78 Å². The molecule has 0 saturated carbocycles. The fraction of sp³-hybridized carbons (Fsp3) is 0.111. The minimum Gasteiger partial charge on any atom is -0.298 e. The monoisotopic (exact) mass is 650 g/mol. The van der Waals surface area contributed by atoms with Gasteiger partial charge in [-0.05, 0) is 74.5 Å². The lowest BCUT2D eigenvalue weighted by atomic mass is 10.00. The van der Waals surface area contributed by atoms with Crippen LogP contribution in [0.4, 0.5) is 8.78 Å². The molecule has 2 aromatic heterocycles. The predicted octanol–water partition coefficient (Wildman–Crippen LogP) is 8.65. The van der Waals surface area contributed by atoms with Crippen molar-refractivity contribution in [2.24, 2.45) is 9.98 Å². The van der Waals surface area contributed by atoms with Gasteiger partial charge in [-0.15, -0.1) is 0 Å². The minimum absolute atomic E-state index is 0.293. The molecule has 2 aliphatic heterocycles. The van der Waals surface area contributed by atoms with Crippen molar-refractivity contribution in [1.29, 1.82) is 0 Å². The highest BCUT2D eigenvalue weighted by atomic mass is 35.5. The molecule has 0 aliphatic carbocycles. The third kappa shape index (κ3) is 5.33. The van der Waals surface area contributed by atoms with E-state index in [1.165, 1.54) is 12.1 Å². The Kier molecular flexibility index (Phi) is 7.84. The summed E-state index contributed by atoms with van der Waals surface area (Å²) in [5.74, 6) is 1.15. The van der Waals surface area contributed by atoms with Gasteiger partial charge in [-0.25, -0.2) is 18.7 Å². The van der Waals surface area contributed by atoms with Crippen LogP contribution < -0.4 is 0 Å². The summed E-state index contributed by atoms with van der Waals surface area (Å²) in [6.45, 7) is 4.76.